The van der Waals surface area contributed by atoms with E-state index in [1.165, 1.54) is 5.56 Å². The van der Waals surface area contributed by atoms with Gasteiger partial charge in [-0.05, 0) is 36.6 Å². The molecule has 2 heterocycles. The van der Waals surface area contributed by atoms with Crippen LogP contribution in [0.3, 0.4) is 0 Å². The number of hydrogen-bond donors (Lipinski definition) is 3. The zero-order valence-corrected chi connectivity index (χ0v) is 17.0. The van der Waals surface area contributed by atoms with E-state index < -0.39 is 0 Å². The smallest absolute Gasteiger partial charge is 0.322 e. The van der Waals surface area contributed by atoms with Crippen LogP contribution in [0, 0.1) is 6.92 Å². The molecule has 29 heavy (non-hydrogen) atoms. The number of piperazine rings is 1. The van der Waals surface area contributed by atoms with Gasteiger partial charge in [0, 0.05) is 32.2 Å². The van der Waals surface area contributed by atoms with E-state index in [2.05, 4.69) is 45.3 Å². The number of carbonyl (C=O) groups excluding carboxylic acids is 1. The Labute approximate surface area is 172 Å². The zero-order valence-electron chi connectivity index (χ0n) is 17.0. The lowest BCUT2D eigenvalue weighted by Crippen LogP contribution is -2.55. The number of nitrogens with one attached hydrogen (secondary N) is 3. The van der Waals surface area contributed by atoms with E-state index in [1.807, 2.05) is 36.1 Å². The van der Waals surface area contributed by atoms with Gasteiger partial charge in [0.2, 0.25) is 0 Å². The zero-order chi connectivity index (χ0) is 20.2. The van der Waals surface area contributed by atoms with Crippen LogP contribution in [0.25, 0.3) is 0 Å². The molecule has 0 spiro atoms. The summed E-state index contributed by atoms with van der Waals surface area (Å²) < 4.78 is 5.36. The monoisotopic (exact) mass is 395 g/mol. The average Bonchev–Trinajstić information content (AvgIpc) is 3.25. The van der Waals surface area contributed by atoms with Crippen LogP contribution in [0.15, 0.2) is 48.5 Å². The Morgan fingerprint density at radius 2 is 1.83 bits per heavy atom. The number of urea groups is 1. The molecular weight excluding hydrogens is 366 g/mol. The molecule has 2 aromatic carbocycles. The van der Waals surface area contributed by atoms with Gasteiger partial charge in [0.05, 0.1) is 19.0 Å². The molecule has 7 heteroatoms. The molecule has 0 saturated carbocycles. The fourth-order valence-electron chi connectivity index (χ4n) is 4.03. The SMILES string of the molecule is COc1ccc(C)cc1NC(=O)N1CCN(C2CC(c3ccccc3)NN2)CC1. The molecule has 0 radical (unpaired) electrons. The highest BCUT2D eigenvalue weighted by Crippen LogP contribution is 2.26. The second kappa shape index (κ2) is 8.82. The molecule has 0 aliphatic carbocycles. The molecule has 2 fully saturated rings. The first-order valence-electron chi connectivity index (χ1n) is 10.1. The van der Waals surface area contributed by atoms with Crippen LogP contribution >= 0.6 is 0 Å². The number of anilines is 1. The molecule has 2 atom stereocenters. The Balaban J connectivity index is 1.30. The summed E-state index contributed by atoms with van der Waals surface area (Å²) in [4.78, 5) is 17.0. The quantitative estimate of drug-likeness (QED) is 0.743. The number of hydrogen-bond acceptors (Lipinski definition) is 5. The predicted molar refractivity (Wildman–Crippen MR) is 114 cm³/mol. The third-order valence-corrected chi connectivity index (χ3v) is 5.72. The van der Waals surface area contributed by atoms with Crippen molar-refractivity contribution in [1.82, 2.24) is 20.7 Å². The molecule has 2 unspecified atom stereocenters. The molecule has 0 aromatic heterocycles. The van der Waals surface area contributed by atoms with E-state index in [-0.39, 0.29) is 12.2 Å². The van der Waals surface area contributed by atoms with Gasteiger partial charge in [-0.25, -0.2) is 15.6 Å². The van der Waals surface area contributed by atoms with Gasteiger partial charge in [-0.15, -0.1) is 0 Å². The Hall–Kier alpha value is -2.61. The van der Waals surface area contributed by atoms with Gasteiger partial charge < -0.3 is 15.0 Å². The molecule has 2 aromatic rings. The van der Waals surface area contributed by atoms with Crippen LogP contribution in [-0.2, 0) is 0 Å². The maximum atomic E-state index is 12.7. The van der Waals surface area contributed by atoms with Crippen LogP contribution < -0.4 is 20.9 Å². The minimum atomic E-state index is -0.0757. The lowest BCUT2D eigenvalue weighted by molar-refractivity contribution is 0.103. The summed E-state index contributed by atoms with van der Waals surface area (Å²) in [6, 6.07) is 16.5. The van der Waals surface area contributed by atoms with Crippen molar-refractivity contribution >= 4 is 11.7 Å². The summed E-state index contributed by atoms with van der Waals surface area (Å²) in [6.45, 7) is 5.10. The normalized spacial score (nSPS) is 22.5. The van der Waals surface area contributed by atoms with E-state index in [0.29, 0.717) is 30.6 Å². The van der Waals surface area contributed by atoms with Crippen LogP contribution in [0.2, 0.25) is 0 Å². The van der Waals surface area contributed by atoms with E-state index in [1.54, 1.807) is 7.11 Å². The van der Waals surface area contributed by atoms with E-state index >= 15 is 0 Å². The Bertz CT molecular complexity index is 836. The second-order valence-corrected chi connectivity index (χ2v) is 7.66. The lowest BCUT2D eigenvalue weighted by Gasteiger charge is -2.37. The second-order valence-electron chi connectivity index (χ2n) is 7.66. The number of aryl methyl sites for hydroxylation is 1. The number of nitrogens with zero attached hydrogens (tertiary/aromatic N) is 2. The van der Waals surface area contributed by atoms with Crippen molar-refractivity contribution in [3.63, 3.8) is 0 Å². The van der Waals surface area contributed by atoms with Crippen LogP contribution in [-0.4, -0.2) is 55.3 Å². The molecule has 3 N–H and O–H groups in total. The van der Waals surface area contributed by atoms with Gasteiger partial charge in [-0.1, -0.05) is 36.4 Å². The number of carbonyl (C=O) groups is 1. The van der Waals surface area contributed by atoms with Gasteiger partial charge in [-0.3, -0.25) is 4.90 Å². The van der Waals surface area contributed by atoms with Crippen molar-refractivity contribution < 1.29 is 9.53 Å². The summed E-state index contributed by atoms with van der Waals surface area (Å²) in [5, 5.41) is 3.00. The number of rotatable bonds is 4. The fourth-order valence-corrected chi connectivity index (χ4v) is 4.03. The molecule has 2 aliphatic heterocycles. The fraction of sp³-hybridized carbons (Fsp3) is 0.409. The lowest BCUT2D eigenvalue weighted by atomic mass is 10.0. The molecule has 2 saturated heterocycles. The van der Waals surface area contributed by atoms with Crippen molar-refractivity contribution in [2.75, 3.05) is 38.6 Å². The van der Waals surface area contributed by atoms with Crippen LogP contribution in [0.5, 0.6) is 5.75 Å². The first kappa shape index (κ1) is 19.7. The first-order valence-corrected chi connectivity index (χ1v) is 10.1. The predicted octanol–water partition coefficient (Wildman–Crippen LogP) is 2.72. The van der Waals surface area contributed by atoms with Crippen molar-refractivity contribution in [1.29, 1.82) is 0 Å². The highest BCUT2D eigenvalue weighted by Gasteiger charge is 2.32. The number of amides is 2. The number of methoxy groups -OCH3 is 1. The summed E-state index contributed by atoms with van der Waals surface area (Å²) in [7, 11) is 1.62. The Kier molecular flexibility index (Phi) is 5.99. The maximum absolute atomic E-state index is 12.7. The number of ether oxygens (including phenoxy) is 1. The molecule has 2 amide bonds. The minimum absolute atomic E-state index is 0.0757. The van der Waals surface area contributed by atoms with Crippen molar-refractivity contribution in [3.05, 3.63) is 59.7 Å². The average molecular weight is 396 g/mol. The van der Waals surface area contributed by atoms with Gasteiger partial charge in [0.25, 0.3) is 0 Å². The molecule has 154 valence electrons. The third-order valence-electron chi connectivity index (χ3n) is 5.72. The molecule has 0 bridgehead atoms. The minimum Gasteiger partial charge on any atom is -0.495 e. The first-order chi connectivity index (χ1) is 14.1. The van der Waals surface area contributed by atoms with Gasteiger partial charge in [0.1, 0.15) is 5.75 Å². The topological polar surface area (TPSA) is 68.9 Å². The molecular formula is C22H29N5O2. The molecule has 4 rings (SSSR count). The van der Waals surface area contributed by atoms with Crippen LogP contribution in [0.4, 0.5) is 10.5 Å². The van der Waals surface area contributed by atoms with Crippen LogP contribution in [0.1, 0.15) is 23.6 Å². The van der Waals surface area contributed by atoms with E-state index in [9.17, 15) is 4.79 Å². The Morgan fingerprint density at radius 1 is 1.07 bits per heavy atom. The number of hydrazine groups is 1. The summed E-state index contributed by atoms with van der Waals surface area (Å²) in [6.07, 6.45) is 1.29. The van der Waals surface area contributed by atoms with Gasteiger partial charge in [-0.2, -0.15) is 0 Å². The summed E-state index contributed by atoms with van der Waals surface area (Å²) in [5.74, 6) is 0.677. The highest BCUT2D eigenvalue weighted by molar-refractivity contribution is 5.91. The standard InChI is InChI=1S/C22H29N5O2/c1-16-8-9-20(29-2)19(14-16)23-22(28)27-12-10-26(11-13-27)21-15-18(24-25-21)17-6-4-3-5-7-17/h3-9,14,18,21,24-25H,10-13,15H2,1-2H3,(H,23,28). The van der Waals surface area contributed by atoms with Gasteiger partial charge >= 0.3 is 6.03 Å². The van der Waals surface area contributed by atoms with E-state index in [4.69, 9.17) is 4.74 Å². The molecule has 2 aliphatic rings. The van der Waals surface area contributed by atoms with Gasteiger partial charge in [0.15, 0.2) is 0 Å². The third kappa shape index (κ3) is 4.53. The largest absolute Gasteiger partial charge is 0.495 e. The van der Waals surface area contributed by atoms with Crippen molar-refractivity contribution in [3.8, 4) is 5.75 Å². The van der Waals surface area contributed by atoms with E-state index in [0.717, 1.165) is 25.1 Å². The summed E-state index contributed by atoms with van der Waals surface area (Å²) >= 11 is 0. The Morgan fingerprint density at radius 3 is 2.55 bits per heavy atom. The number of benzene rings is 2. The van der Waals surface area contributed by atoms with Crippen molar-refractivity contribution in [2.24, 2.45) is 0 Å². The van der Waals surface area contributed by atoms with Crippen molar-refractivity contribution in [2.45, 2.75) is 25.6 Å². The summed E-state index contributed by atoms with van der Waals surface area (Å²) in [5.41, 5.74) is 9.92. The highest BCUT2D eigenvalue weighted by atomic mass is 16.5. The molecule has 7 nitrogen and oxygen atoms in total. The maximum Gasteiger partial charge on any atom is 0.322 e.